The minimum Gasteiger partial charge on any atom is -0.354 e. The zero-order chi connectivity index (χ0) is 10.7. The van der Waals surface area contributed by atoms with Crippen molar-refractivity contribution in [2.75, 3.05) is 13.1 Å². The lowest BCUT2D eigenvalue weighted by Gasteiger charge is -2.17. The van der Waals surface area contributed by atoms with Gasteiger partial charge in [-0.05, 0) is 37.6 Å². The molecule has 0 aromatic heterocycles. The molecule has 1 heterocycles. The minimum atomic E-state index is 0.0647. The molecule has 1 aliphatic carbocycles. The van der Waals surface area contributed by atoms with E-state index in [9.17, 15) is 4.79 Å². The highest BCUT2D eigenvalue weighted by Gasteiger charge is 2.37. The van der Waals surface area contributed by atoms with E-state index in [0.717, 1.165) is 19.5 Å². The molecular weight excluding hydrogens is 188 g/mol. The van der Waals surface area contributed by atoms with Crippen LogP contribution in [0.5, 0.6) is 0 Å². The van der Waals surface area contributed by atoms with E-state index < -0.39 is 0 Å². The highest BCUT2D eigenvalue weighted by molar-refractivity contribution is 5.81. The summed E-state index contributed by atoms with van der Waals surface area (Å²) in [6.07, 6.45) is 7.19. The molecule has 3 nitrogen and oxygen atoms in total. The Morgan fingerprint density at radius 2 is 2.20 bits per heavy atom. The Balaban J connectivity index is 1.73. The second kappa shape index (κ2) is 4.52. The fourth-order valence-corrected chi connectivity index (χ4v) is 2.07. The highest BCUT2D eigenvalue weighted by atomic mass is 16.2. The summed E-state index contributed by atoms with van der Waals surface area (Å²) in [4.78, 5) is 11.9. The molecule has 1 aliphatic heterocycles. The maximum absolute atomic E-state index is 11.9. The molecule has 0 spiro atoms. The molecule has 0 aromatic rings. The predicted octanol–water partition coefficient (Wildman–Crippen LogP) is 1.43. The number of rotatable bonds is 3. The molecule has 15 heavy (non-hydrogen) atoms. The van der Waals surface area contributed by atoms with Crippen molar-refractivity contribution >= 4 is 5.91 Å². The number of amides is 1. The van der Waals surface area contributed by atoms with Crippen molar-refractivity contribution in [3.63, 3.8) is 0 Å². The summed E-state index contributed by atoms with van der Waals surface area (Å²) in [6, 6.07) is 0.0647. The van der Waals surface area contributed by atoms with Crippen molar-refractivity contribution in [2.45, 2.75) is 51.5 Å². The standard InChI is InChI=1S/C12H22N2O/c1-12(6-7-12)9-14-11(15)10-5-3-2-4-8-13-10/h10,13H,2-9H2,1H3,(H,14,15). The van der Waals surface area contributed by atoms with Crippen LogP contribution in [0.15, 0.2) is 0 Å². The van der Waals surface area contributed by atoms with Crippen LogP contribution in [0.3, 0.4) is 0 Å². The molecule has 2 aliphatic rings. The average molecular weight is 210 g/mol. The Kier molecular flexibility index (Phi) is 3.29. The van der Waals surface area contributed by atoms with Crippen LogP contribution in [0, 0.1) is 5.41 Å². The third-order valence-electron chi connectivity index (χ3n) is 3.67. The summed E-state index contributed by atoms with van der Waals surface area (Å²) in [5.74, 6) is 0.213. The van der Waals surface area contributed by atoms with E-state index in [2.05, 4.69) is 17.6 Å². The second-order valence-corrected chi connectivity index (χ2v) is 5.38. The molecule has 0 bridgehead atoms. The molecule has 1 saturated carbocycles. The van der Waals surface area contributed by atoms with Gasteiger partial charge in [0.1, 0.15) is 0 Å². The highest BCUT2D eigenvalue weighted by Crippen LogP contribution is 2.44. The minimum absolute atomic E-state index is 0.0647. The van der Waals surface area contributed by atoms with Crippen molar-refractivity contribution in [1.29, 1.82) is 0 Å². The molecule has 1 unspecified atom stereocenters. The lowest BCUT2D eigenvalue weighted by Crippen LogP contribution is -2.45. The summed E-state index contributed by atoms with van der Waals surface area (Å²) < 4.78 is 0. The molecule has 1 saturated heterocycles. The van der Waals surface area contributed by atoms with Gasteiger partial charge in [-0.15, -0.1) is 0 Å². The molecule has 86 valence electrons. The smallest absolute Gasteiger partial charge is 0.237 e. The molecule has 1 atom stereocenters. The van der Waals surface area contributed by atoms with Gasteiger partial charge in [-0.3, -0.25) is 4.79 Å². The Morgan fingerprint density at radius 1 is 1.40 bits per heavy atom. The second-order valence-electron chi connectivity index (χ2n) is 5.38. The summed E-state index contributed by atoms with van der Waals surface area (Å²) in [5, 5.41) is 6.41. The van der Waals surface area contributed by atoms with Gasteiger partial charge in [0.2, 0.25) is 5.91 Å². The summed E-state index contributed by atoms with van der Waals surface area (Å²) in [5.41, 5.74) is 0.417. The van der Waals surface area contributed by atoms with Gasteiger partial charge in [0.05, 0.1) is 6.04 Å². The Hall–Kier alpha value is -0.570. The van der Waals surface area contributed by atoms with Crippen LogP contribution >= 0.6 is 0 Å². The van der Waals surface area contributed by atoms with E-state index in [-0.39, 0.29) is 11.9 Å². The van der Waals surface area contributed by atoms with Gasteiger partial charge < -0.3 is 10.6 Å². The van der Waals surface area contributed by atoms with E-state index in [1.807, 2.05) is 0 Å². The van der Waals surface area contributed by atoms with Gasteiger partial charge in [0.25, 0.3) is 0 Å². The van der Waals surface area contributed by atoms with Crippen molar-refractivity contribution in [3.05, 3.63) is 0 Å². The monoisotopic (exact) mass is 210 g/mol. The van der Waals surface area contributed by atoms with Crippen LogP contribution in [0.1, 0.15) is 45.4 Å². The topological polar surface area (TPSA) is 41.1 Å². The lowest BCUT2D eigenvalue weighted by molar-refractivity contribution is -0.123. The number of carbonyl (C=O) groups excluding carboxylic acids is 1. The van der Waals surface area contributed by atoms with Crippen molar-refractivity contribution < 1.29 is 4.79 Å². The normalized spacial score (nSPS) is 29.3. The Morgan fingerprint density at radius 3 is 2.93 bits per heavy atom. The zero-order valence-corrected chi connectivity index (χ0v) is 9.64. The maximum Gasteiger partial charge on any atom is 0.237 e. The lowest BCUT2D eigenvalue weighted by atomic mass is 10.1. The molecule has 3 heteroatoms. The molecular formula is C12H22N2O. The van der Waals surface area contributed by atoms with Crippen LogP contribution in [0.4, 0.5) is 0 Å². The van der Waals surface area contributed by atoms with Gasteiger partial charge in [0.15, 0.2) is 0 Å². The Labute approximate surface area is 92.0 Å². The molecule has 2 N–H and O–H groups in total. The largest absolute Gasteiger partial charge is 0.354 e. The van der Waals surface area contributed by atoms with E-state index >= 15 is 0 Å². The van der Waals surface area contributed by atoms with Gasteiger partial charge in [-0.25, -0.2) is 0 Å². The van der Waals surface area contributed by atoms with Gasteiger partial charge >= 0.3 is 0 Å². The van der Waals surface area contributed by atoms with Crippen molar-refractivity contribution in [3.8, 4) is 0 Å². The molecule has 2 fully saturated rings. The fraction of sp³-hybridized carbons (Fsp3) is 0.917. The SMILES string of the molecule is CC1(CNC(=O)C2CCCCCN2)CC1. The van der Waals surface area contributed by atoms with Gasteiger partial charge in [-0.1, -0.05) is 19.8 Å². The number of hydrogen-bond acceptors (Lipinski definition) is 2. The quantitative estimate of drug-likeness (QED) is 0.740. The molecule has 1 amide bonds. The molecule has 0 radical (unpaired) electrons. The Bertz CT molecular complexity index is 228. The maximum atomic E-state index is 11.9. The number of nitrogens with one attached hydrogen (secondary N) is 2. The average Bonchev–Trinajstić information content (AvgIpc) is 2.99. The molecule has 2 rings (SSSR count). The van der Waals surface area contributed by atoms with Crippen LogP contribution < -0.4 is 10.6 Å². The van der Waals surface area contributed by atoms with E-state index in [1.54, 1.807) is 0 Å². The van der Waals surface area contributed by atoms with E-state index in [0.29, 0.717) is 5.41 Å². The summed E-state index contributed by atoms with van der Waals surface area (Å²) in [7, 11) is 0. The predicted molar refractivity (Wildman–Crippen MR) is 60.6 cm³/mol. The third-order valence-corrected chi connectivity index (χ3v) is 3.67. The molecule has 0 aromatic carbocycles. The fourth-order valence-electron chi connectivity index (χ4n) is 2.07. The first-order valence-electron chi connectivity index (χ1n) is 6.21. The first-order chi connectivity index (χ1) is 7.20. The van der Waals surface area contributed by atoms with E-state index in [4.69, 9.17) is 0 Å². The van der Waals surface area contributed by atoms with Gasteiger partial charge in [0, 0.05) is 6.54 Å². The van der Waals surface area contributed by atoms with E-state index in [1.165, 1.54) is 32.1 Å². The van der Waals surface area contributed by atoms with Crippen LogP contribution in [-0.2, 0) is 4.79 Å². The van der Waals surface area contributed by atoms with Crippen molar-refractivity contribution in [1.82, 2.24) is 10.6 Å². The number of hydrogen-bond donors (Lipinski definition) is 2. The first kappa shape index (κ1) is 10.9. The van der Waals surface area contributed by atoms with Gasteiger partial charge in [-0.2, -0.15) is 0 Å². The van der Waals surface area contributed by atoms with Crippen LogP contribution in [0.25, 0.3) is 0 Å². The zero-order valence-electron chi connectivity index (χ0n) is 9.64. The summed E-state index contributed by atoms with van der Waals surface area (Å²) in [6.45, 7) is 4.10. The van der Waals surface area contributed by atoms with Crippen LogP contribution in [-0.4, -0.2) is 25.0 Å². The van der Waals surface area contributed by atoms with Crippen LogP contribution in [0.2, 0.25) is 0 Å². The third kappa shape index (κ3) is 3.20. The van der Waals surface area contributed by atoms with Crippen molar-refractivity contribution in [2.24, 2.45) is 5.41 Å². The first-order valence-corrected chi connectivity index (χ1v) is 6.21. The number of carbonyl (C=O) groups is 1. The summed E-state index contributed by atoms with van der Waals surface area (Å²) >= 11 is 0.